The van der Waals surface area contributed by atoms with Crippen molar-refractivity contribution in [3.05, 3.63) is 64.1 Å². The highest BCUT2D eigenvalue weighted by Crippen LogP contribution is 2.25. The lowest BCUT2D eigenvalue weighted by Crippen LogP contribution is -2.57. The first kappa shape index (κ1) is 24.5. The molecule has 2 aromatic rings. The van der Waals surface area contributed by atoms with Crippen molar-refractivity contribution in [2.75, 3.05) is 26.2 Å². The van der Waals surface area contributed by atoms with E-state index in [9.17, 15) is 18.0 Å². The molecule has 0 aromatic heterocycles. The predicted molar refractivity (Wildman–Crippen MR) is 124 cm³/mol. The Hall–Kier alpha value is -2.13. The number of nitrogens with zero attached hydrogens (tertiary/aromatic N) is 2. The monoisotopic (exact) mass is 497 g/mol. The number of sulfonamides is 1. The van der Waals surface area contributed by atoms with Crippen LogP contribution in [0.4, 0.5) is 0 Å². The Bertz CT molecular complexity index is 1080. The molecular weight excluding hydrogens is 473 g/mol. The van der Waals surface area contributed by atoms with Crippen LogP contribution in [0, 0.1) is 5.92 Å². The molecule has 0 aliphatic carbocycles. The third-order valence-electron chi connectivity index (χ3n) is 5.33. The van der Waals surface area contributed by atoms with Gasteiger partial charge in [0.05, 0.1) is 5.02 Å². The molecule has 1 N–H and O–H groups in total. The van der Waals surface area contributed by atoms with E-state index in [1.165, 1.54) is 16.4 Å². The van der Waals surface area contributed by atoms with Crippen LogP contribution in [-0.4, -0.2) is 61.7 Å². The molecule has 32 heavy (non-hydrogen) atoms. The first-order valence-corrected chi connectivity index (χ1v) is 12.4. The molecular formula is C22H25Cl2N3O4S. The molecule has 2 aromatic carbocycles. The van der Waals surface area contributed by atoms with Gasteiger partial charge in [0.15, 0.2) is 0 Å². The van der Waals surface area contributed by atoms with Gasteiger partial charge in [-0.15, -0.1) is 0 Å². The second kappa shape index (κ2) is 10.2. The van der Waals surface area contributed by atoms with E-state index in [4.69, 9.17) is 23.2 Å². The molecule has 1 aliphatic heterocycles. The maximum absolute atomic E-state index is 13.1. The summed E-state index contributed by atoms with van der Waals surface area (Å²) in [7, 11) is -3.75. The summed E-state index contributed by atoms with van der Waals surface area (Å²) in [6.45, 7) is 4.45. The molecule has 0 radical (unpaired) electrons. The number of nitrogens with one attached hydrogen (secondary N) is 1. The summed E-state index contributed by atoms with van der Waals surface area (Å²) in [6, 6.07) is 12.0. The third kappa shape index (κ3) is 5.43. The molecule has 10 heteroatoms. The summed E-state index contributed by atoms with van der Waals surface area (Å²) < 4.78 is 27.2. The Kier molecular flexibility index (Phi) is 7.82. The number of hydrogen-bond donors (Lipinski definition) is 1. The maximum Gasteiger partial charge on any atom is 0.251 e. The Morgan fingerprint density at radius 2 is 1.53 bits per heavy atom. The number of amides is 2. The molecule has 3 rings (SSSR count). The fraction of sp³-hybridized carbons (Fsp3) is 0.364. The summed E-state index contributed by atoms with van der Waals surface area (Å²) in [5, 5.41) is 3.48. The van der Waals surface area contributed by atoms with Crippen molar-refractivity contribution in [1.82, 2.24) is 14.5 Å². The SMILES string of the molecule is CC(C)[C@H](NC(=O)c1ccc(Cl)cc1)C(=O)N1CCN(S(=O)(=O)c2ccccc2Cl)CC1. The van der Waals surface area contributed by atoms with Gasteiger partial charge in [0, 0.05) is 36.8 Å². The van der Waals surface area contributed by atoms with Gasteiger partial charge in [-0.05, 0) is 42.3 Å². The molecule has 1 saturated heterocycles. The highest BCUT2D eigenvalue weighted by Gasteiger charge is 2.34. The number of benzene rings is 2. The van der Waals surface area contributed by atoms with Crippen LogP contribution in [0.15, 0.2) is 53.4 Å². The van der Waals surface area contributed by atoms with Crippen LogP contribution in [0.1, 0.15) is 24.2 Å². The van der Waals surface area contributed by atoms with Gasteiger partial charge in [-0.3, -0.25) is 9.59 Å². The molecule has 7 nitrogen and oxygen atoms in total. The minimum Gasteiger partial charge on any atom is -0.340 e. The molecule has 0 bridgehead atoms. The average molecular weight is 498 g/mol. The molecule has 1 fully saturated rings. The summed E-state index contributed by atoms with van der Waals surface area (Å²) in [6.07, 6.45) is 0. The summed E-state index contributed by atoms with van der Waals surface area (Å²) in [4.78, 5) is 27.4. The summed E-state index contributed by atoms with van der Waals surface area (Å²) in [5.41, 5.74) is 0.406. The van der Waals surface area contributed by atoms with E-state index in [2.05, 4.69) is 5.32 Å². The molecule has 0 unspecified atom stereocenters. The molecule has 0 spiro atoms. The zero-order chi connectivity index (χ0) is 23.5. The highest BCUT2D eigenvalue weighted by atomic mass is 35.5. The quantitative estimate of drug-likeness (QED) is 0.663. The Morgan fingerprint density at radius 3 is 2.09 bits per heavy atom. The Labute approximate surface area is 198 Å². The maximum atomic E-state index is 13.1. The minimum atomic E-state index is -3.75. The van der Waals surface area contributed by atoms with Crippen molar-refractivity contribution in [3.8, 4) is 0 Å². The number of halogens is 2. The molecule has 0 saturated carbocycles. The normalized spacial score (nSPS) is 16.1. The lowest BCUT2D eigenvalue weighted by Gasteiger charge is -2.36. The van der Waals surface area contributed by atoms with E-state index in [0.29, 0.717) is 10.6 Å². The van der Waals surface area contributed by atoms with E-state index in [-0.39, 0.29) is 53.8 Å². The standard InChI is InChI=1S/C22H25Cl2N3O4S/c1-15(2)20(25-21(28)16-7-9-17(23)10-8-16)22(29)26-11-13-27(14-12-26)32(30,31)19-6-4-3-5-18(19)24/h3-10,15,20H,11-14H2,1-2H3,(H,25,28)/t20-/m0/s1. The molecule has 1 aliphatic rings. The van der Waals surface area contributed by atoms with Crippen LogP contribution >= 0.6 is 23.2 Å². The Balaban J connectivity index is 1.66. The van der Waals surface area contributed by atoms with Gasteiger partial charge in [-0.25, -0.2) is 8.42 Å². The topological polar surface area (TPSA) is 86.8 Å². The van der Waals surface area contributed by atoms with Gasteiger partial charge in [0.2, 0.25) is 15.9 Å². The van der Waals surface area contributed by atoms with E-state index in [1.54, 1.807) is 41.3 Å². The Morgan fingerprint density at radius 1 is 0.938 bits per heavy atom. The zero-order valence-corrected chi connectivity index (χ0v) is 20.1. The fourth-order valence-corrected chi connectivity index (χ4v) is 5.52. The largest absolute Gasteiger partial charge is 0.340 e. The lowest BCUT2D eigenvalue weighted by atomic mass is 10.0. The van der Waals surface area contributed by atoms with Crippen molar-refractivity contribution in [1.29, 1.82) is 0 Å². The second-order valence-corrected chi connectivity index (χ2v) is 10.6. The van der Waals surface area contributed by atoms with Crippen LogP contribution in [0.25, 0.3) is 0 Å². The van der Waals surface area contributed by atoms with E-state index >= 15 is 0 Å². The van der Waals surface area contributed by atoms with Crippen molar-refractivity contribution in [2.45, 2.75) is 24.8 Å². The molecule has 1 atom stereocenters. The first-order valence-electron chi connectivity index (χ1n) is 10.2. The number of rotatable bonds is 6. The van der Waals surface area contributed by atoms with Gasteiger partial charge in [0.25, 0.3) is 5.91 Å². The van der Waals surface area contributed by atoms with Crippen LogP contribution in [0.5, 0.6) is 0 Å². The van der Waals surface area contributed by atoms with Gasteiger partial charge >= 0.3 is 0 Å². The fourth-order valence-electron chi connectivity index (χ4n) is 3.48. The van der Waals surface area contributed by atoms with Crippen LogP contribution in [0.2, 0.25) is 10.0 Å². The van der Waals surface area contributed by atoms with Crippen molar-refractivity contribution < 1.29 is 18.0 Å². The summed E-state index contributed by atoms with van der Waals surface area (Å²) >= 11 is 11.9. The van der Waals surface area contributed by atoms with Crippen molar-refractivity contribution in [2.24, 2.45) is 5.92 Å². The lowest BCUT2D eigenvalue weighted by molar-refractivity contribution is -0.135. The van der Waals surface area contributed by atoms with Crippen LogP contribution < -0.4 is 5.32 Å². The van der Waals surface area contributed by atoms with Gasteiger partial charge in [-0.2, -0.15) is 4.31 Å². The molecule has 172 valence electrons. The van der Waals surface area contributed by atoms with E-state index in [0.717, 1.165) is 0 Å². The minimum absolute atomic E-state index is 0.0525. The van der Waals surface area contributed by atoms with E-state index in [1.807, 2.05) is 13.8 Å². The smallest absolute Gasteiger partial charge is 0.251 e. The van der Waals surface area contributed by atoms with Crippen LogP contribution in [0.3, 0.4) is 0 Å². The number of carbonyl (C=O) groups is 2. The highest BCUT2D eigenvalue weighted by molar-refractivity contribution is 7.89. The first-order chi connectivity index (χ1) is 15.1. The zero-order valence-electron chi connectivity index (χ0n) is 17.8. The van der Waals surface area contributed by atoms with Gasteiger partial charge < -0.3 is 10.2 Å². The second-order valence-electron chi connectivity index (χ2n) is 7.86. The molecule has 2 amide bonds. The third-order valence-corrected chi connectivity index (χ3v) is 7.98. The number of hydrogen-bond acceptors (Lipinski definition) is 4. The average Bonchev–Trinajstić information content (AvgIpc) is 2.77. The van der Waals surface area contributed by atoms with E-state index < -0.39 is 16.1 Å². The predicted octanol–water partition coefficient (Wildman–Crippen LogP) is 3.28. The summed E-state index contributed by atoms with van der Waals surface area (Å²) in [5.74, 6) is -0.755. The van der Waals surface area contributed by atoms with Gasteiger partial charge in [0.1, 0.15) is 10.9 Å². The molecule has 1 heterocycles. The van der Waals surface area contributed by atoms with Gasteiger partial charge in [-0.1, -0.05) is 49.2 Å². The van der Waals surface area contributed by atoms with Crippen LogP contribution in [-0.2, 0) is 14.8 Å². The number of piperazine rings is 1. The van der Waals surface area contributed by atoms with Crippen molar-refractivity contribution in [3.63, 3.8) is 0 Å². The number of carbonyl (C=O) groups excluding carboxylic acids is 2. The van der Waals surface area contributed by atoms with Crippen molar-refractivity contribution >= 4 is 45.0 Å².